The Kier molecular flexibility index (Phi) is 3.06. The van der Waals surface area contributed by atoms with E-state index in [1.54, 1.807) is 12.3 Å². The summed E-state index contributed by atoms with van der Waals surface area (Å²) in [5, 5.41) is 12.6. The van der Waals surface area contributed by atoms with E-state index in [4.69, 9.17) is 5.26 Å². The first-order valence-corrected chi connectivity index (χ1v) is 5.10. The number of aromatic nitrogens is 2. The number of nitrogens with zero attached hydrogens (tertiary/aromatic N) is 3. The molecule has 3 nitrogen and oxygen atoms in total. The van der Waals surface area contributed by atoms with Crippen LogP contribution in [0.2, 0.25) is 0 Å². The number of hydrogen-bond donors (Lipinski definition) is 0. The van der Waals surface area contributed by atoms with Gasteiger partial charge in [0.2, 0.25) is 0 Å². The van der Waals surface area contributed by atoms with Gasteiger partial charge < -0.3 is 0 Å². The minimum atomic E-state index is -4.34. The zero-order valence-electron chi connectivity index (χ0n) is 9.15. The van der Waals surface area contributed by atoms with Gasteiger partial charge in [0.05, 0.1) is 29.4 Å². The van der Waals surface area contributed by atoms with Crippen LogP contribution in [-0.4, -0.2) is 9.78 Å². The molecule has 0 amide bonds. The number of rotatable bonds is 2. The van der Waals surface area contributed by atoms with Gasteiger partial charge in [-0.25, -0.2) is 4.68 Å². The third kappa shape index (κ3) is 2.51. The van der Waals surface area contributed by atoms with Crippen LogP contribution in [-0.2, 0) is 12.6 Å². The van der Waals surface area contributed by atoms with Gasteiger partial charge in [0.15, 0.2) is 0 Å². The highest BCUT2D eigenvalue weighted by Crippen LogP contribution is 2.29. The molecule has 0 aliphatic rings. The lowest BCUT2D eigenvalue weighted by Crippen LogP contribution is -2.05. The van der Waals surface area contributed by atoms with Crippen LogP contribution in [0.5, 0.6) is 0 Å². The summed E-state index contributed by atoms with van der Waals surface area (Å²) in [4.78, 5) is 0. The molecule has 0 unspecified atom stereocenters. The summed E-state index contributed by atoms with van der Waals surface area (Å²) in [6.07, 6.45) is -2.56. The van der Waals surface area contributed by atoms with Crippen molar-refractivity contribution in [3.05, 3.63) is 47.8 Å². The third-order valence-corrected chi connectivity index (χ3v) is 2.36. The summed E-state index contributed by atoms with van der Waals surface area (Å²) >= 11 is 0. The van der Waals surface area contributed by atoms with E-state index in [-0.39, 0.29) is 6.42 Å². The molecule has 2 rings (SSSR count). The van der Waals surface area contributed by atoms with E-state index in [0.29, 0.717) is 11.4 Å². The summed E-state index contributed by atoms with van der Waals surface area (Å²) in [5.41, 5.74) is 0.403. The first kappa shape index (κ1) is 12.2. The van der Waals surface area contributed by atoms with E-state index in [0.717, 1.165) is 12.1 Å². The molecule has 0 aliphatic carbocycles. The molecule has 92 valence electrons. The molecular weight excluding hydrogens is 243 g/mol. The Balaban J connectivity index is 2.26. The van der Waals surface area contributed by atoms with Crippen molar-refractivity contribution >= 4 is 0 Å². The van der Waals surface area contributed by atoms with Crippen LogP contribution in [0, 0.1) is 11.3 Å². The minimum Gasteiger partial charge on any atom is -0.241 e. The summed E-state index contributed by atoms with van der Waals surface area (Å²) < 4.78 is 38.5. The van der Waals surface area contributed by atoms with Gasteiger partial charge in [0, 0.05) is 6.20 Å². The van der Waals surface area contributed by atoms with Crippen molar-refractivity contribution in [1.29, 1.82) is 5.26 Å². The molecule has 1 heterocycles. The molecular formula is C12H8F3N3. The molecule has 1 aromatic heterocycles. The summed E-state index contributed by atoms with van der Waals surface area (Å²) in [5.74, 6) is 0. The number of benzene rings is 1. The second-order valence-electron chi connectivity index (χ2n) is 3.63. The Labute approximate surface area is 101 Å². The maximum atomic E-state index is 12.4. The van der Waals surface area contributed by atoms with Gasteiger partial charge >= 0.3 is 6.18 Å². The minimum absolute atomic E-state index is 0.174. The number of alkyl halides is 3. The second-order valence-corrected chi connectivity index (χ2v) is 3.63. The topological polar surface area (TPSA) is 41.6 Å². The fourth-order valence-electron chi connectivity index (χ4n) is 1.48. The Morgan fingerprint density at radius 2 is 1.83 bits per heavy atom. The predicted molar refractivity (Wildman–Crippen MR) is 57.9 cm³/mol. The molecule has 0 N–H and O–H groups in total. The highest BCUT2D eigenvalue weighted by atomic mass is 19.4. The van der Waals surface area contributed by atoms with E-state index >= 15 is 0 Å². The maximum absolute atomic E-state index is 12.4. The Morgan fingerprint density at radius 3 is 2.39 bits per heavy atom. The van der Waals surface area contributed by atoms with E-state index in [2.05, 4.69) is 5.10 Å². The Bertz CT molecular complexity index is 576. The van der Waals surface area contributed by atoms with E-state index in [9.17, 15) is 13.2 Å². The van der Waals surface area contributed by atoms with Gasteiger partial charge in [-0.15, -0.1) is 0 Å². The lowest BCUT2D eigenvalue weighted by atomic mass is 10.2. The Hall–Kier alpha value is -2.29. The van der Waals surface area contributed by atoms with Crippen molar-refractivity contribution in [3.8, 4) is 11.8 Å². The molecule has 0 aliphatic heterocycles. The van der Waals surface area contributed by atoms with Crippen LogP contribution in [0.25, 0.3) is 5.69 Å². The average molecular weight is 251 g/mol. The monoisotopic (exact) mass is 251 g/mol. The second kappa shape index (κ2) is 4.53. The van der Waals surface area contributed by atoms with Crippen LogP contribution in [0.1, 0.15) is 11.3 Å². The van der Waals surface area contributed by atoms with Crippen molar-refractivity contribution in [3.63, 3.8) is 0 Å². The summed E-state index contributed by atoms with van der Waals surface area (Å²) in [6, 6.07) is 8.29. The fraction of sp³-hybridized carbons (Fsp3) is 0.167. The molecule has 6 heteroatoms. The summed E-state index contributed by atoms with van der Waals surface area (Å²) in [7, 11) is 0. The van der Waals surface area contributed by atoms with E-state index in [1.165, 1.54) is 16.8 Å². The molecule has 0 fully saturated rings. The lowest BCUT2D eigenvalue weighted by Gasteiger charge is -2.07. The van der Waals surface area contributed by atoms with Crippen LogP contribution >= 0.6 is 0 Å². The lowest BCUT2D eigenvalue weighted by molar-refractivity contribution is -0.137. The molecule has 0 bridgehead atoms. The number of nitriles is 1. The van der Waals surface area contributed by atoms with Gasteiger partial charge in [-0.1, -0.05) is 0 Å². The van der Waals surface area contributed by atoms with Crippen LogP contribution < -0.4 is 0 Å². The maximum Gasteiger partial charge on any atom is 0.416 e. The molecule has 18 heavy (non-hydrogen) atoms. The fourth-order valence-corrected chi connectivity index (χ4v) is 1.48. The van der Waals surface area contributed by atoms with Crippen LogP contribution in [0.4, 0.5) is 13.2 Å². The smallest absolute Gasteiger partial charge is 0.241 e. The largest absolute Gasteiger partial charge is 0.416 e. The Morgan fingerprint density at radius 1 is 1.17 bits per heavy atom. The van der Waals surface area contributed by atoms with Crippen LogP contribution in [0.15, 0.2) is 36.5 Å². The van der Waals surface area contributed by atoms with Gasteiger partial charge in [0.1, 0.15) is 0 Å². The number of hydrogen-bond acceptors (Lipinski definition) is 2. The van der Waals surface area contributed by atoms with Gasteiger partial charge in [0.25, 0.3) is 0 Å². The average Bonchev–Trinajstić information content (AvgIpc) is 2.77. The highest BCUT2D eigenvalue weighted by molar-refractivity contribution is 5.35. The van der Waals surface area contributed by atoms with Crippen molar-refractivity contribution in [2.45, 2.75) is 12.6 Å². The SMILES string of the molecule is N#CCc1ccn(-c2ccc(C(F)(F)F)cc2)n1. The predicted octanol–water partition coefficient (Wildman–Crippen LogP) is 2.96. The normalized spacial score (nSPS) is 11.2. The molecule has 0 atom stereocenters. The van der Waals surface area contributed by atoms with E-state index in [1.807, 2.05) is 6.07 Å². The van der Waals surface area contributed by atoms with Crippen LogP contribution in [0.3, 0.4) is 0 Å². The molecule has 0 spiro atoms. The molecule has 1 aromatic carbocycles. The summed E-state index contributed by atoms with van der Waals surface area (Å²) in [6.45, 7) is 0. The zero-order valence-corrected chi connectivity index (χ0v) is 9.15. The molecule has 2 aromatic rings. The molecule has 0 radical (unpaired) electrons. The number of halogens is 3. The third-order valence-electron chi connectivity index (χ3n) is 2.36. The highest BCUT2D eigenvalue weighted by Gasteiger charge is 2.29. The molecule has 0 saturated carbocycles. The van der Waals surface area contributed by atoms with Crippen molar-refractivity contribution in [2.24, 2.45) is 0 Å². The van der Waals surface area contributed by atoms with Crippen molar-refractivity contribution in [1.82, 2.24) is 9.78 Å². The van der Waals surface area contributed by atoms with Gasteiger partial charge in [-0.05, 0) is 30.3 Å². The van der Waals surface area contributed by atoms with Crippen molar-refractivity contribution < 1.29 is 13.2 Å². The standard InChI is InChI=1S/C12H8F3N3/c13-12(14,15)9-1-3-11(4-2-9)18-8-6-10(17-18)5-7-16/h1-4,6,8H,5H2. The van der Waals surface area contributed by atoms with Gasteiger partial charge in [-0.3, -0.25) is 0 Å². The first-order chi connectivity index (χ1) is 8.50. The quantitative estimate of drug-likeness (QED) is 0.823. The molecule has 0 saturated heterocycles. The van der Waals surface area contributed by atoms with Crippen molar-refractivity contribution in [2.75, 3.05) is 0 Å². The zero-order chi connectivity index (χ0) is 13.2. The van der Waals surface area contributed by atoms with Gasteiger partial charge in [-0.2, -0.15) is 23.5 Å². The van der Waals surface area contributed by atoms with E-state index < -0.39 is 11.7 Å². The first-order valence-electron chi connectivity index (χ1n) is 5.10.